The molecule has 0 aromatic heterocycles. The van der Waals surface area contributed by atoms with E-state index in [9.17, 15) is 4.79 Å². The maximum atomic E-state index is 12.6. The molecular formula is C25H26N2O3S. The fraction of sp³-hybridized carbons (Fsp3) is 0.200. The smallest absolute Gasteiger partial charge is 0.257 e. The van der Waals surface area contributed by atoms with Gasteiger partial charge in [0, 0.05) is 23.7 Å². The van der Waals surface area contributed by atoms with E-state index in [2.05, 4.69) is 22.8 Å². The van der Waals surface area contributed by atoms with Crippen molar-refractivity contribution in [2.75, 3.05) is 11.9 Å². The van der Waals surface area contributed by atoms with Gasteiger partial charge in [-0.25, -0.2) is 0 Å². The summed E-state index contributed by atoms with van der Waals surface area (Å²) in [4.78, 5) is 12.6. The first-order valence-electron chi connectivity index (χ1n) is 10.2. The van der Waals surface area contributed by atoms with E-state index in [0.717, 1.165) is 17.9 Å². The second kappa shape index (κ2) is 11.1. The van der Waals surface area contributed by atoms with Crippen molar-refractivity contribution in [3.63, 3.8) is 0 Å². The monoisotopic (exact) mass is 434 g/mol. The number of anilines is 1. The summed E-state index contributed by atoms with van der Waals surface area (Å²) in [6.45, 7) is 4.46. The molecule has 160 valence electrons. The van der Waals surface area contributed by atoms with Crippen molar-refractivity contribution in [2.24, 2.45) is 0 Å². The minimum Gasteiger partial charge on any atom is -0.493 e. The predicted octanol–water partition coefficient (Wildman–Crippen LogP) is 5.22. The molecule has 0 fully saturated rings. The SMILES string of the molecule is CC(C)Oc1cccc(NC(=S)NC(=O)c2cccc(OCCc3ccccc3)c2)c1. The molecule has 0 spiro atoms. The van der Waals surface area contributed by atoms with Crippen LogP contribution in [0.5, 0.6) is 11.5 Å². The average molecular weight is 435 g/mol. The Bertz CT molecular complexity index is 1020. The number of ether oxygens (including phenoxy) is 2. The van der Waals surface area contributed by atoms with E-state index in [4.69, 9.17) is 21.7 Å². The van der Waals surface area contributed by atoms with Crippen LogP contribution in [0.25, 0.3) is 0 Å². The Kier molecular flexibility index (Phi) is 8.01. The molecule has 31 heavy (non-hydrogen) atoms. The Morgan fingerprint density at radius 2 is 1.68 bits per heavy atom. The second-order valence-electron chi connectivity index (χ2n) is 7.21. The van der Waals surface area contributed by atoms with Gasteiger partial charge in [0.15, 0.2) is 5.11 Å². The highest BCUT2D eigenvalue weighted by Gasteiger charge is 2.10. The van der Waals surface area contributed by atoms with E-state index in [1.54, 1.807) is 18.2 Å². The highest BCUT2D eigenvalue weighted by atomic mass is 32.1. The van der Waals surface area contributed by atoms with Crippen molar-refractivity contribution in [3.8, 4) is 11.5 Å². The zero-order valence-corrected chi connectivity index (χ0v) is 18.4. The summed E-state index contributed by atoms with van der Waals surface area (Å²) in [5, 5.41) is 5.92. The Morgan fingerprint density at radius 3 is 2.45 bits per heavy atom. The molecule has 0 saturated carbocycles. The molecule has 3 aromatic carbocycles. The van der Waals surface area contributed by atoms with Crippen LogP contribution < -0.4 is 20.1 Å². The van der Waals surface area contributed by atoms with Gasteiger partial charge >= 0.3 is 0 Å². The van der Waals surface area contributed by atoms with Gasteiger partial charge in [0.1, 0.15) is 11.5 Å². The number of benzene rings is 3. The van der Waals surface area contributed by atoms with E-state index < -0.39 is 0 Å². The van der Waals surface area contributed by atoms with Crippen LogP contribution in [0.15, 0.2) is 78.9 Å². The van der Waals surface area contributed by atoms with E-state index in [-0.39, 0.29) is 17.1 Å². The molecule has 3 rings (SSSR count). The van der Waals surface area contributed by atoms with Gasteiger partial charge in [-0.1, -0.05) is 42.5 Å². The molecule has 6 heteroatoms. The molecule has 1 amide bonds. The molecule has 0 aliphatic rings. The third-order valence-corrected chi connectivity index (χ3v) is 4.49. The largest absolute Gasteiger partial charge is 0.493 e. The van der Waals surface area contributed by atoms with Crippen molar-refractivity contribution in [2.45, 2.75) is 26.4 Å². The summed E-state index contributed by atoms with van der Waals surface area (Å²) >= 11 is 5.29. The van der Waals surface area contributed by atoms with Gasteiger partial charge in [-0.3, -0.25) is 10.1 Å². The number of hydrogen-bond donors (Lipinski definition) is 2. The first-order chi connectivity index (χ1) is 15.0. The van der Waals surface area contributed by atoms with E-state index >= 15 is 0 Å². The van der Waals surface area contributed by atoms with Crippen LogP contribution >= 0.6 is 12.2 Å². The lowest BCUT2D eigenvalue weighted by molar-refractivity contribution is 0.0977. The molecular weight excluding hydrogens is 408 g/mol. The quantitative estimate of drug-likeness (QED) is 0.476. The molecule has 5 nitrogen and oxygen atoms in total. The van der Waals surface area contributed by atoms with Crippen LogP contribution in [-0.2, 0) is 6.42 Å². The van der Waals surface area contributed by atoms with Gasteiger partial charge in [-0.05, 0) is 62.0 Å². The van der Waals surface area contributed by atoms with Gasteiger partial charge in [0.2, 0.25) is 0 Å². The lowest BCUT2D eigenvalue weighted by atomic mass is 10.2. The van der Waals surface area contributed by atoms with E-state index in [1.165, 1.54) is 5.56 Å². The minimum absolute atomic E-state index is 0.0732. The fourth-order valence-electron chi connectivity index (χ4n) is 2.92. The lowest BCUT2D eigenvalue weighted by Gasteiger charge is -2.13. The molecule has 0 radical (unpaired) electrons. The third kappa shape index (κ3) is 7.42. The number of carbonyl (C=O) groups is 1. The van der Waals surface area contributed by atoms with E-state index in [0.29, 0.717) is 17.9 Å². The van der Waals surface area contributed by atoms with Crippen LogP contribution in [0.1, 0.15) is 29.8 Å². The first-order valence-corrected chi connectivity index (χ1v) is 10.6. The van der Waals surface area contributed by atoms with Crippen LogP contribution in [0.4, 0.5) is 5.69 Å². The molecule has 0 heterocycles. The number of rotatable bonds is 8. The molecule has 0 bridgehead atoms. The highest BCUT2D eigenvalue weighted by Crippen LogP contribution is 2.19. The Morgan fingerprint density at radius 1 is 0.935 bits per heavy atom. The highest BCUT2D eigenvalue weighted by molar-refractivity contribution is 7.80. The predicted molar refractivity (Wildman–Crippen MR) is 128 cm³/mol. The standard InChI is InChI=1S/C25H26N2O3S/c1-18(2)30-23-13-7-11-21(17-23)26-25(31)27-24(28)20-10-6-12-22(16-20)29-15-14-19-8-4-3-5-9-19/h3-13,16-18H,14-15H2,1-2H3,(H2,26,27,28,31). The zero-order chi connectivity index (χ0) is 22.1. The lowest BCUT2D eigenvalue weighted by Crippen LogP contribution is -2.34. The summed E-state index contributed by atoms with van der Waals surface area (Å²) < 4.78 is 11.5. The summed E-state index contributed by atoms with van der Waals surface area (Å²) in [6, 6.07) is 24.6. The third-order valence-electron chi connectivity index (χ3n) is 4.29. The first kappa shape index (κ1) is 22.3. The van der Waals surface area contributed by atoms with Crippen molar-refractivity contribution < 1.29 is 14.3 Å². The van der Waals surface area contributed by atoms with Crippen molar-refractivity contribution in [1.29, 1.82) is 0 Å². The number of amides is 1. The maximum absolute atomic E-state index is 12.6. The Hall–Kier alpha value is -3.38. The summed E-state index contributed by atoms with van der Waals surface area (Å²) in [6.07, 6.45) is 0.870. The molecule has 0 aliphatic heterocycles. The topological polar surface area (TPSA) is 59.6 Å². The van der Waals surface area contributed by atoms with Crippen LogP contribution in [0, 0.1) is 0 Å². The normalized spacial score (nSPS) is 10.4. The van der Waals surface area contributed by atoms with Crippen molar-refractivity contribution in [1.82, 2.24) is 5.32 Å². The van der Waals surface area contributed by atoms with Crippen molar-refractivity contribution >= 4 is 28.9 Å². The molecule has 0 aliphatic carbocycles. The molecule has 0 saturated heterocycles. The van der Waals surface area contributed by atoms with Crippen LogP contribution in [0.2, 0.25) is 0 Å². The Balaban J connectivity index is 1.53. The number of thiocarbonyl (C=S) groups is 1. The molecule has 0 unspecified atom stereocenters. The van der Waals surface area contributed by atoms with Crippen LogP contribution in [0.3, 0.4) is 0 Å². The number of nitrogens with one attached hydrogen (secondary N) is 2. The van der Waals surface area contributed by atoms with Gasteiger partial charge in [-0.2, -0.15) is 0 Å². The minimum atomic E-state index is -0.305. The summed E-state index contributed by atoms with van der Waals surface area (Å²) in [5.74, 6) is 1.07. The maximum Gasteiger partial charge on any atom is 0.257 e. The second-order valence-corrected chi connectivity index (χ2v) is 7.62. The molecule has 2 N–H and O–H groups in total. The average Bonchev–Trinajstić information content (AvgIpc) is 2.74. The molecule has 0 atom stereocenters. The summed E-state index contributed by atoms with van der Waals surface area (Å²) in [7, 11) is 0. The van der Waals surface area contributed by atoms with Crippen molar-refractivity contribution in [3.05, 3.63) is 90.0 Å². The van der Waals surface area contributed by atoms with Gasteiger partial charge in [0.25, 0.3) is 5.91 Å². The van der Waals surface area contributed by atoms with Gasteiger partial charge < -0.3 is 14.8 Å². The zero-order valence-electron chi connectivity index (χ0n) is 17.6. The number of carbonyl (C=O) groups excluding carboxylic acids is 1. The fourth-order valence-corrected chi connectivity index (χ4v) is 3.13. The van der Waals surface area contributed by atoms with Crippen LogP contribution in [-0.4, -0.2) is 23.7 Å². The van der Waals surface area contributed by atoms with E-state index in [1.807, 2.05) is 62.4 Å². The summed E-state index contributed by atoms with van der Waals surface area (Å²) in [5.41, 5.74) is 2.41. The van der Waals surface area contributed by atoms with Gasteiger partial charge in [-0.15, -0.1) is 0 Å². The number of hydrogen-bond acceptors (Lipinski definition) is 4. The Labute approximate surface area is 188 Å². The van der Waals surface area contributed by atoms with Gasteiger partial charge in [0.05, 0.1) is 12.7 Å². The molecule has 3 aromatic rings.